The molecular formula is C25H45NO. The van der Waals surface area contributed by atoms with Gasteiger partial charge in [-0.25, -0.2) is 0 Å². The molecule has 0 aliphatic carbocycles. The summed E-state index contributed by atoms with van der Waals surface area (Å²) in [5.74, 6) is 0.441. The van der Waals surface area contributed by atoms with E-state index >= 15 is 0 Å². The van der Waals surface area contributed by atoms with E-state index in [4.69, 9.17) is 0 Å². The van der Waals surface area contributed by atoms with Crippen molar-refractivity contribution in [3.8, 4) is 5.75 Å². The molecule has 1 aromatic carbocycles. The van der Waals surface area contributed by atoms with Crippen LogP contribution in [0.4, 0.5) is 0 Å². The van der Waals surface area contributed by atoms with Crippen molar-refractivity contribution >= 4 is 0 Å². The van der Waals surface area contributed by atoms with E-state index in [2.05, 4.69) is 59.8 Å². The average molecular weight is 376 g/mol. The lowest BCUT2D eigenvalue weighted by Gasteiger charge is -2.28. The van der Waals surface area contributed by atoms with Crippen molar-refractivity contribution in [1.29, 1.82) is 0 Å². The standard InChI is InChI=1S/C25H45NO/c1-8-9-10-11-12-13-14-15-16-26-19-21-22(25(5,6)7)17-20(18-23(21)27)24(2,3)4/h17-18,26-27H,8-16,19H2,1-7H3. The third-order valence-electron chi connectivity index (χ3n) is 5.41. The number of phenolic OH excluding ortho intramolecular Hbond substituents is 1. The van der Waals surface area contributed by atoms with Crippen LogP contribution in [0, 0.1) is 0 Å². The Morgan fingerprint density at radius 2 is 1.33 bits per heavy atom. The van der Waals surface area contributed by atoms with Crippen molar-refractivity contribution in [2.45, 2.75) is 117 Å². The minimum atomic E-state index is 0.0221. The number of rotatable bonds is 11. The number of hydrogen-bond donors (Lipinski definition) is 2. The van der Waals surface area contributed by atoms with Crippen molar-refractivity contribution in [3.05, 3.63) is 28.8 Å². The first-order valence-electron chi connectivity index (χ1n) is 11.1. The van der Waals surface area contributed by atoms with Gasteiger partial charge in [0.25, 0.3) is 0 Å². The Kier molecular flexibility index (Phi) is 9.87. The number of nitrogens with one attached hydrogen (secondary N) is 1. The molecule has 0 saturated heterocycles. The van der Waals surface area contributed by atoms with E-state index in [1.165, 1.54) is 62.5 Å². The average Bonchev–Trinajstić information content (AvgIpc) is 2.55. The zero-order valence-corrected chi connectivity index (χ0v) is 19.2. The number of aromatic hydroxyl groups is 1. The monoisotopic (exact) mass is 375 g/mol. The third kappa shape index (κ3) is 8.68. The zero-order chi connectivity index (χ0) is 20.5. The Morgan fingerprint density at radius 1 is 0.778 bits per heavy atom. The van der Waals surface area contributed by atoms with E-state index in [9.17, 15) is 5.11 Å². The van der Waals surface area contributed by atoms with Crippen LogP contribution in [0.5, 0.6) is 5.75 Å². The summed E-state index contributed by atoms with van der Waals surface area (Å²) < 4.78 is 0. The van der Waals surface area contributed by atoms with Gasteiger partial charge < -0.3 is 10.4 Å². The van der Waals surface area contributed by atoms with Crippen LogP contribution < -0.4 is 5.32 Å². The minimum Gasteiger partial charge on any atom is -0.508 e. The lowest BCUT2D eigenvalue weighted by molar-refractivity contribution is 0.451. The van der Waals surface area contributed by atoms with Gasteiger partial charge in [0.1, 0.15) is 5.75 Å². The molecule has 1 aromatic rings. The van der Waals surface area contributed by atoms with E-state index in [0.717, 1.165) is 18.7 Å². The van der Waals surface area contributed by atoms with Gasteiger partial charge in [-0.1, -0.05) is 99.5 Å². The second-order valence-corrected chi connectivity index (χ2v) is 10.2. The van der Waals surface area contributed by atoms with E-state index in [1.807, 2.05) is 6.07 Å². The lowest BCUT2D eigenvalue weighted by atomic mass is 9.78. The van der Waals surface area contributed by atoms with Crippen LogP contribution in [0.25, 0.3) is 0 Å². The highest BCUT2D eigenvalue weighted by atomic mass is 16.3. The molecule has 0 aliphatic rings. The molecule has 2 nitrogen and oxygen atoms in total. The molecule has 0 radical (unpaired) electrons. The Balaban J connectivity index is 2.55. The number of benzene rings is 1. The van der Waals surface area contributed by atoms with Gasteiger partial charge in [-0.15, -0.1) is 0 Å². The number of phenols is 1. The van der Waals surface area contributed by atoms with Gasteiger partial charge in [0, 0.05) is 12.1 Å². The fraction of sp³-hybridized carbons (Fsp3) is 0.760. The van der Waals surface area contributed by atoms with Crippen molar-refractivity contribution < 1.29 is 5.11 Å². The van der Waals surface area contributed by atoms with Crippen LogP contribution >= 0.6 is 0 Å². The summed E-state index contributed by atoms with van der Waals surface area (Å²) in [5, 5.41) is 14.3. The molecule has 2 N–H and O–H groups in total. The molecule has 1 rings (SSSR count). The van der Waals surface area contributed by atoms with Gasteiger partial charge in [-0.05, 0) is 41.0 Å². The maximum atomic E-state index is 10.7. The predicted molar refractivity (Wildman–Crippen MR) is 120 cm³/mol. The van der Waals surface area contributed by atoms with E-state index in [0.29, 0.717) is 5.75 Å². The Morgan fingerprint density at radius 3 is 1.85 bits per heavy atom. The molecule has 156 valence electrons. The summed E-state index contributed by atoms with van der Waals surface area (Å²) in [5.41, 5.74) is 3.59. The molecule has 0 saturated carbocycles. The smallest absolute Gasteiger partial charge is 0.120 e. The Hall–Kier alpha value is -1.02. The summed E-state index contributed by atoms with van der Waals surface area (Å²) in [6, 6.07) is 4.26. The summed E-state index contributed by atoms with van der Waals surface area (Å²) in [7, 11) is 0. The molecule has 0 bridgehead atoms. The first kappa shape index (κ1) is 24.0. The van der Waals surface area contributed by atoms with Crippen LogP contribution in [0.2, 0.25) is 0 Å². The van der Waals surface area contributed by atoms with Crippen LogP contribution in [0.1, 0.15) is 117 Å². The van der Waals surface area contributed by atoms with Crippen LogP contribution in [0.15, 0.2) is 12.1 Å². The summed E-state index contributed by atoms with van der Waals surface area (Å²) in [4.78, 5) is 0. The highest BCUT2D eigenvalue weighted by Gasteiger charge is 2.24. The van der Waals surface area contributed by atoms with Crippen molar-refractivity contribution in [3.63, 3.8) is 0 Å². The maximum Gasteiger partial charge on any atom is 0.120 e. The van der Waals surface area contributed by atoms with Gasteiger partial charge in [0.05, 0.1) is 0 Å². The largest absolute Gasteiger partial charge is 0.508 e. The van der Waals surface area contributed by atoms with Crippen molar-refractivity contribution in [1.82, 2.24) is 5.32 Å². The molecule has 0 unspecified atom stereocenters. The van der Waals surface area contributed by atoms with Crippen LogP contribution in [-0.4, -0.2) is 11.7 Å². The summed E-state index contributed by atoms with van der Waals surface area (Å²) in [6.07, 6.45) is 10.8. The number of unbranched alkanes of at least 4 members (excludes halogenated alkanes) is 7. The molecule has 0 heterocycles. The molecule has 0 aliphatic heterocycles. The van der Waals surface area contributed by atoms with Crippen molar-refractivity contribution in [2.24, 2.45) is 0 Å². The fourth-order valence-corrected chi connectivity index (χ4v) is 3.54. The van der Waals surface area contributed by atoms with Gasteiger partial charge in [-0.2, -0.15) is 0 Å². The third-order valence-corrected chi connectivity index (χ3v) is 5.41. The maximum absolute atomic E-state index is 10.7. The summed E-state index contributed by atoms with van der Waals surface area (Å²) in [6.45, 7) is 17.4. The minimum absolute atomic E-state index is 0.0221. The molecule has 0 aromatic heterocycles. The fourth-order valence-electron chi connectivity index (χ4n) is 3.54. The zero-order valence-electron chi connectivity index (χ0n) is 19.2. The molecule has 0 amide bonds. The molecule has 0 atom stereocenters. The topological polar surface area (TPSA) is 32.3 Å². The number of hydrogen-bond acceptors (Lipinski definition) is 2. The predicted octanol–water partition coefficient (Wildman–Crippen LogP) is 7.22. The molecule has 27 heavy (non-hydrogen) atoms. The normalized spacial score (nSPS) is 12.6. The van der Waals surface area contributed by atoms with Gasteiger partial charge >= 0.3 is 0 Å². The summed E-state index contributed by atoms with van der Waals surface area (Å²) >= 11 is 0. The molecule has 2 heteroatoms. The Bertz CT molecular complexity index is 549. The lowest BCUT2D eigenvalue weighted by Crippen LogP contribution is -2.22. The molecular weight excluding hydrogens is 330 g/mol. The second kappa shape index (κ2) is 11.1. The van der Waals surface area contributed by atoms with E-state index in [-0.39, 0.29) is 10.8 Å². The van der Waals surface area contributed by atoms with Gasteiger partial charge in [0.2, 0.25) is 0 Å². The molecule has 0 fully saturated rings. The van der Waals surface area contributed by atoms with E-state index in [1.54, 1.807) is 0 Å². The van der Waals surface area contributed by atoms with Crippen LogP contribution in [0.3, 0.4) is 0 Å². The van der Waals surface area contributed by atoms with Crippen molar-refractivity contribution in [2.75, 3.05) is 6.54 Å². The molecule has 0 spiro atoms. The Labute approximate surface area is 169 Å². The highest BCUT2D eigenvalue weighted by Crippen LogP contribution is 2.36. The second-order valence-electron chi connectivity index (χ2n) is 10.2. The van der Waals surface area contributed by atoms with E-state index < -0.39 is 0 Å². The SMILES string of the molecule is CCCCCCCCCCNCc1c(O)cc(C(C)(C)C)cc1C(C)(C)C. The first-order valence-corrected chi connectivity index (χ1v) is 11.1. The first-order chi connectivity index (χ1) is 12.6. The van der Waals surface area contributed by atoms with Gasteiger partial charge in [0.15, 0.2) is 0 Å². The van der Waals surface area contributed by atoms with Crippen LogP contribution in [-0.2, 0) is 17.4 Å². The highest BCUT2D eigenvalue weighted by molar-refractivity contribution is 5.47. The van der Waals surface area contributed by atoms with Gasteiger partial charge in [-0.3, -0.25) is 0 Å². The quantitative estimate of drug-likeness (QED) is 0.400.